The molecule has 0 aliphatic heterocycles. The summed E-state index contributed by atoms with van der Waals surface area (Å²) in [5.74, 6) is 0. The van der Waals surface area contributed by atoms with Gasteiger partial charge in [0.2, 0.25) is 0 Å². The van der Waals surface area contributed by atoms with Gasteiger partial charge in [-0.25, -0.2) is 4.85 Å². The van der Waals surface area contributed by atoms with E-state index in [0.29, 0.717) is 11.3 Å². The van der Waals surface area contributed by atoms with Gasteiger partial charge in [-0.2, -0.15) is 5.26 Å². The summed E-state index contributed by atoms with van der Waals surface area (Å²) in [4.78, 5) is 3.72. The molecule has 0 fully saturated rings. The molecule has 55 heavy (non-hydrogen) atoms. The lowest BCUT2D eigenvalue weighted by atomic mass is 10.0. The molecular formula is C50H29N5. The molecule has 5 heteroatoms. The van der Waals surface area contributed by atoms with Gasteiger partial charge in [-0.3, -0.25) is 0 Å². The molecule has 3 heterocycles. The summed E-state index contributed by atoms with van der Waals surface area (Å²) in [6.45, 7) is 7.66. The van der Waals surface area contributed by atoms with Crippen molar-refractivity contribution in [2.75, 3.05) is 0 Å². The van der Waals surface area contributed by atoms with E-state index in [9.17, 15) is 5.26 Å². The average molecular weight is 700 g/mol. The molecule has 0 atom stereocenters. The van der Waals surface area contributed by atoms with Crippen molar-refractivity contribution in [1.82, 2.24) is 13.7 Å². The maximum absolute atomic E-state index is 10.8. The highest BCUT2D eigenvalue weighted by atomic mass is 15.0. The van der Waals surface area contributed by atoms with E-state index in [0.717, 1.165) is 82.8 Å². The Morgan fingerprint density at radius 2 is 0.964 bits per heavy atom. The van der Waals surface area contributed by atoms with Gasteiger partial charge in [0.1, 0.15) is 6.07 Å². The number of para-hydroxylation sites is 4. The van der Waals surface area contributed by atoms with Crippen molar-refractivity contribution in [2.45, 2.75) is 0 Å². The molecule has 0 aliphatic rings. The molecule has 5 nitrogen and oxygen atoms in total. The predicted octanol–water partition coefficient (Wildman–Crippen LogP) is 13.1. The van der Waals surface area contributed by atoms with Crippen LogP contribution in [0.3, 0.4) is 0 Å². The zero-order valence-corrected chi connectivity index (χ0v) is 29.5. The summed E-state index contributed by atoms with van der Waals surface area (Å²) >= 11 is 0. The van der Waals surface area contributed by atoms with E-state index in [4.69, 9.17) is 6.57 Å². The van der Waals surface area contributed by atoms with E-state index in [-0.39, 0.29) is 0 Å². The Morgan fingerprint density at radius 3 is 1.64 bits per heavy atom. The molecule has 0 spiro atoms. The highest BCUT2D eigenvalue weighted by Gasteiger charge is 2.21. The van der Waals surface area contributed by atoms with Crippen LogP contribution in [0.15, 0.2) is 176 Å². The van der Waals surface area contributed by atoms with E-state index in [2.05, 4.69) is 176 Å². The van der Waals surface area contributed by atoms with E-state index in [1.165, 1.54) is 10.8 Å². The number of aromatic nitrogens is 3. The molecule has 11 rings (SSSR count). The monoisotopic (exact) mass is 699 g/mol. The fraction of sp³-hybridized carbons (Fsp3) is 0. The third-order valence-electron chi connectivity index (χ3n) is 11.1. The zero-order chi connectivity index (χ0) is 36.6. The van der Waals surface area contributed by atoms with E-state index in [1.807, 2.05) is 24.3 Å². The van der Waals surface area contributed by atoms with Crippen molar-refractivity contribution < 1.29 is 0 Å². The van der Waals surface area contributed by atoms with Crippen LogP contribution in [0.4, 0.5) is 5.69 Å². The lowest BCUT2D eigenvalue weighted by Gasteiger charge is -2.14. The van der Waals surface area contributed by atoms with Crippen molar-refractivity contribution >= 4 is 71.1 Å². The first kappa shape index (κ1) is 30.7. The average Bonchev–Trinajstić information content (AvgIpc) is 3.89. The Morgan fingerprint density at radius 1 is 0.418 bits per heavy atom. The quantitative estimate of drug-likeness (QED) is 0.169. The van der Waals surface area contributed by atoms with Gasteiger partial charge in [0.15, 0.2) is 5.69 Å². The van der Waals surface area contributed by atoms with Gasteiger partial charge in [-0.05, 0) is 77.9 Å². The highest BCUT2D eigenvalue weighted by Crippen LogP contribution is 2.41. The first-order valence-corrected chi connectivity index (χ1v) is 18.3. The highest BCUT2D eigenvalue weighted by molar-refractivity contribution is 6.16. The molecule has 3 aromatic heterocycles. The van der Waals surface area contributed by atoms with Crippen molar-refractivity contribution in [1.29, 1.82) is 5.26 Å². The molecule has 0 amide bonds. The van der Waals surface area contributed by atoms with Gasteiger partial charge < -0.3 is 13.7 Å². The van der Waals surface area contributed by atoms with Gasteiger partial charge in [0, 0.05) is 43.5 Å². The SMILES string of the molecule is [C-]#[N+]c1ccc2c3ccccc3n(-c3cccc(-c4ccc(-n5c6ccccc6c6c(-n7c8ccccc8c8ccccc87)cccc65)c(C#N)c4)c3)c2c1. The van der Waals surface area contributed by atoms with Crippen LogP contribution < -0.4 is 0 Å². The maximum Gasteiger partial charge on any atom is 0.189 e. The van der Waals surface area contributed by atoms with Gasteiger partial charge in [0.05, 0.1) is 51.1 Å². The Labute approximate surface area is 316 Å². The molecular weight excluding hydrogens is 671 g/mol. The molecule has 0 aliphatic carbocycles. The van der Waals surface area contributed by atoms with Crippen LogP contribution in [0.2, 0.25) is 0 Å². The van der Waals surface area contributed by atoms with Crippen LogP contribution in [0, 0.1) is 17.9 Å². The first-order chi connectivity index (χ1) is 27.2. The number of nitriles is 1. The molecule has 0 unspecified atom stereocenters. The summed E-state index contributed by atoms with van der Waals surface area (Å²) in [5.41, 5.74) is 12.6. The lowest BCUT2D eigenvalue weighted by molar-refractivity contribution is 1.16. The smallest absolute Gasteiger partial charge is 0.189 e. The van der Waals surface area contributed by atoms with Gasteiger partial charge in [0.25, 0.3) is 0 Å². The van der Waals surface area contributed by atoms with Crippen LogP contribution in [-0.4, -0.2) is 13.7 Å². The van der Waals surface area contributed by atoms with Crippen LogP contribution >= 0.6 is 0 Å². The van der Waals surface area contributed by atoms with Crippen molar-refractivity contribution in [3.8, 4) is 34.3 Å². The Kier molecular flexibility index (Phi) is 6.61. The molecule has 0 radical (unpaired) electrons. The summed E-state index contributed by atoms with van der Waals surface area (Å²) < 4.78 is 6.85. The van der Waals surface area contributed by atoms with Gasteiger partial charge in [-0.1, -0.05) is 109 Å². The fourth-order valence-electron chi connectivity index (χ4n) is 8.76. The molecule has 254 valence electrons. The summed E-state index contributed by atoms with van der Waals surface area (Å²) in [6.07, 6.45) is 0. The third kappa shape index (κ3) is 4.45. The number of hydrogen-bond donors (Lipinski definition) is 0. The molecule has 0 saturated heterocycles. The minimum Gasteiger partial charge on any atom is -0.310 e. The standard InChI is InChI=1S/C50H29N5/c1-52-35-25-26-40-39-16-2-6-18-43(39)53(49(40)30-35)36-13-10-12-32(29-36)33-24-27-42(34(28-33)31-51)54-46-21-9-5-17-41(46)50-47(54)22-11-23-48(50)55-44-19-7-3-14-37(44)38-15-4-8-20-45(38)55/h2-30H. The third-order valence-corrected chi connectivity index (χ3v) is 11.1. The normalized spacial score (nSPS) is 11.6. The van der Waals surface area contributed by atoms with E-state index >= 15 is 0 Å². The zero-order valence-electron chi connectivity index (χ0n) is 29.5. The van der Waals surface area contributed by atoms with Crippen LogP contribution in [0.1, 0.15) is 5.56 Å². The number of rotatable bonds is 4. The van der Waals surface area contributed by atoms with Gasteiger partial charge >= 0.3 is 0 Å². The van der Waals surface area contributed by atoms with Crippen LogP contribution in [0.5, 0.6) is 0 Å². The molecule has 0 N–H and O–H groups in total. The summed E-state index contributed by atoms with van der Waals surface area (Å²) in [7, 11) is 0. The summed E-state index contributed by atoms with van der Waals surface area (Å²) in [5, 5.41) is 17.7. The van der Waals surface area contributed by atoms with Gasteiger partial charge in [-0.15, -0.1) is 0 Å². The second-order valence-electron chi connectivity index (χ2n) is 14.0. The minimum absolute atomic E-state index is 0.589. The number of nitrogens with zero attached hydrogens (tertiary/aromatic N) is 5. The number of benzene rings is 8. The van der Waals surface area contributed by atoms with Crippen molar-refractivity contribution in [3.05, 3.63) is 193 Å². The Hall–Kier alpha value is -7.86. The lowest BCUT2D eigenvalue weighted by Crippen LogP contribution is -1.99. The first-order valence-electron chi connectivity index (χ1n) is 18.3. The molecule has 0 saturated carbocycles. The Balaban J connectivity index is 1.10. The molecule has 11 aromatic rings. The van der Waals surface area contributed by atoms with Crippen LogP contribution in [-0.2, 0) is 0 Å². The second-order valence-corrected chi connectivity index (χ2v) is 14.0. The largest absolute Gasteiger partial charge is 0.310 e. The second kappa shape index (κ2) is 11.8. The van der Waals surface area contributed by atoms with Crippen LogP contribution in [0.25, 0.3) is 98.5 Å². The van der Waals surface area contributed by atoms with Crippen molar-refractivity contribution in [3.63, 3.8) is 0 Å². The number of fused-ring (bicyclic) bond motifs is 9. The maximum atomic E-state index is 10.8. The fourth-order valence-corrected chi connectivity index (χ4v) is 8.76. The predicted molar refractivity (Wildman–Crippen MR) is 226 cm³/mol. The van der Waals surface area contributed by atoms with Crippen molar-refractivity contribution in [2.24, 2.45) is 0 Å². The minimum atomic E-state index is 0.589. The summed E-state index contributed by atoms with van der Waals surface area (Å²) in [6, 6.07) is 63.7. The van der Waals surface area contributed by atoms with E-state index in [1.54, 1.807) is 0 Å². The topological polar surface area (TPSA) is 42.9 Å². The molecule has 8 aromatic carbocycles. The Bertz CT molecular complexity index is 3420. The van der Waals surface area contributed by atoms with E-state index < -0.39 is 0 Å². The molecule has 0 bridgehead atoms. The number of hydrogen-bond acceptors (Lipinski definition) is 1.